The fourth-order valence-electron chi connectivity index (χ4n) is 2.45. The van der Waals surface area contributed by atoms with Crippen molar-refractivity contribution in [1.82, 2.24) is 9.78 Å². The maximum atomic E-state index is 4.45. The number of hydrogen-bond donors (Lipinski definition) is 0. The van der Waals surface area contributed by atoms with Gasteiger partial charge in [0.2, 0.25) is 0 Å². The van der Waals surface area contributed by atoms with Crippen LogP contribution in [-0.2, 0) is 7.05 Å². The summed E-state index contributed by atoms with van der Waals surface area (Å²) in [7, 11) is 2.01. The lowest BCUT2D eigenvalue weighted by Gasteiger charge is -2.15. The molecule has 2 aromatic rings. The minimum Gasteiger partial charge on any atom is -0.268 e. The number of hydrogen-bond acceptors (Lipinski definition) is 1. The summed E-state index contributed by atoms with van der Waals surface area (Å²) in [5.41, 5.74) is 9.03. The number of nitrogens with zero attached hydrogens (tertiary/aromatic N) is 2. The van der Waals surface area contributed by atoms with E-state index < -0.39 is 0 Å². The van der Waals surface area contributed by atoms with Crippen LogP contribution in [0.25, 0.3) is 11.3 Å². The first-order chi connectivity index (χ1) is 7.91. The SMILES string of the molecule is Cc1cc(-c2c(C)c(C)cc(C)c2C)n(C)n1. The average molecular weight is 228 g/mol. The molecule has 0 spiro atoms. The zero-order valence-electron chi connectivity index (χ0n) is 11.5. The number of benzene rings is 1. The van der Waals surface area contributed by atoms with Crippen molar-refractivity contribution >= 4 is 0 Å². The molecule has 2 heteroatoms. The Morgan fingerprint density at radius 2 is 1.41 bits per heavy atom. The van der Waals surface area contributed by atoms with E-state index in [-0.39, 0.29) is 0 Å². The second-order valence-corrected chi connectivity index (χ2v) is 4.93. The molecule has 0 bridgehead atoms. The van der Waals surface area contributed by atoms with Gasteiger partial charge in [0, 0.05) is 12.6 Å². The quantitative estimate of drug-likeness (QED) is 0.728. The van der Waals surface area contributed by atoms with Gasteiger partial charge in [0.05, 0.1) is 11.4 Å². The number of aryl methyl sites for hydroxylation is 4. The predicted octanol–water partition coefficient (Wildman–Crippen LogP) is 3.63. The Bertz CT molecular complexity index is 551. The van der Waals surface area contributed by atoms with Crippen LogP contribution in [0.4, 0.5) is 0 Å². The van der Waals surface area contributed by atoms with Crippen LogP contribution in [0.15, 0.2) is 12.1 Å². The first-order valence-corrected chi connectivity index (χ1v) is 6.00. The summed E-state index contributed by atoms with van der Waals surface area (Å²) in [5, 5.41) is 4.45. The molecule has 2 nitrogen and oxygen atoms in total. The van der Waals surface area contributed by atoms with Crippen LogP contribution in [0.1, 0.15) is 27.9 Å². The van der Waals surface area contributed by atoms with E-state index in [1.54, 1.807) is 0 Å². The molecule has 0 fully saturated rings. The molecule has 2 rings (SSSR count). The molecule has 0 radical (unpaired) electrons. The van der Waals surface area contributed by atoms with Crippen LogP contribution in [0.3, 0.4) is 0 Å². The van der Waals surface area contributed by atoms with Crippen molar-refractivity contribution < 1.29 is 0 Å². The van der Waals surface area contributed by atoms with Gasteiger partial charge in [-0.1, -0.05) is 6.07 Å². The Morgan fingerprint density at radius 1 is 0.882 bits per heavy atom. The molecular weight excluding hydrogens is 208 g/mol. The van der Waals surface area contributed by atoms with Gasteiger partial charge >= 0.3 is 0 Å². The standard InChI is InChI=1S/C15H20N2/c1-9-7-10(2)13(5)15(12(9)4)14-8-11(3)16-17(14)6/h7-8H,1-6H3. The van der Waals surface area contributed by atoms with E-state index in [1.165, 1.54) is 33.5 Å². The Kier molecular flexibility index (Phi) is 2.82. The minimum absolute atomic E-state index is 1.07. The van der Waals surface area contributed by atoms with Crippen LogP contribution in [-0.4, -0.2) is 9.78 Å². The number of aromatic nitrogens is 2. The third-order valence-corrected chi connectivity index (χ3v) is 3.62. The fraction of sp³-hybridized carbons (Fsp3) is 0.400. The zero-order valence-corrected chi connectivity index (χ0v) is 11.5. The molecule has 0 amide bonds. The fourth-order valence-corrected chi connectivity index (χ4v) is 2.45. The molecule has 0 N–H and O–H groups in total. The van der Waals surface area contributed by atoms with E-state index in [0.29, 0.717) is 0 Å². The minimum atomic E-state index is 1.07. The monoisotopic (exact) mass is 228 g/mol. The van der Waals surface area contributed by atoms with Gasteiger partial charge in [-0.2, -0.15) is 5.10 Å². The van der Waals surface area contributed by atoms with E-state index in [2.05, 4.69) is 44.9 Å². The lowest BCUT2D eigenvalue weighted by Crippen LogP contribution is -2.00. The third-order valence-electron chi connectivity index (χ3n) is 3.62. The predicted molar refractivity (Wildman–Crippen MR) is 72.3 cm³/mol. The Morgan fingerprint density at radius 3 is 1.82 bits per heavy atom. The van der Waals surface area contributed by atoms with Gasteiger partial charge in [-0.15, -0.1) is 0 Å². The molecule has 90 valence electrons. The molecule has 0 aliphatic rings. The molecule has 0 saturated carbocycles. The summed E-state index contributed by atoms with van der Waals surface area (Å²) in [6.45, 7) is 10.8. The van der Waals surface area contributed by atoms with Gasteiger partial charge in [0.25, 0.3) is 0 Å². The van der Waals surface area contributed by atoms with Gasteiger partial charge in [-0.25, -0.2) is 0 Å². The maximum absolute atomic E-state index is 4.45. The summed E-state index contributed by atoms with van der Waals surface area (Å²) in [5.74, 6) is 0. The van der Waals surface area contributed by atoms with Gasteiger partial charge in [-0.3, -0.25) is 4.68 Å². The average Bonchev–Trinajstić information content (AvgIpc) is 2.56. The molecule has 0 unspecified atom stereocenters. The molecule has 0 atom stereocenters. The largest absolute Gasteiger partial charge is 0.268 e. The summed E-state index contributed by atoms with van der Waals surface area (Å²) >= 11 is 0. The van der Waals surface area contributed by atoms with Crippen molar-refractivity contribution in [2.24, 2.45) is 7.05 Å². The first kappa shape index (κ1) is 11.9. The molecule has 1 heterocycles. The molecular formula is C15H20N2. The van der Waals surface area contributed by atoms with E-state index in [9.17, 15) is 0 Å². The Balaban J connectivity index is 2.79. The van der Waals surface area contributed by atoms with Crippen LogP contribution >= 0.6 is 0 Å². The molecule has 0 aliphatic carbocycles. The smallest absolute Gasteiger partial charge is 0.0687 e. The van der Waals surface area contributed by atoms with Crippen molar-refractivity contribution in [3.63, 3.8) is 0 Å². The van der Waals surface area contributed by atoms with Gasteiger partial charge < -0.3 is 0 Å². The van der Waals surface area contributed by atoms with E-state index in [1.807, 2.05) is 18.7 Å². The molecule has 1 aromatic heterocycles. The number of rotatable bonds is 1. The van der Waals surface area contributed by atoms with Crippen LogP contribution in [0, 0.1) is 34.6 Å². The van der Waals surface area contributed by atoms with Crippen molar-refractivity contribution in [2.45, 2.75) is 34.6 Å². The zero-order chi connectivity index (χ0) is 12.7. The third kappa shape index (κ3) is 1.88. The van der Waals surface area contributed by atoms with Crippen molar-refractivity contribution in [3.05, 3.63) is 40.1 Å². The van der Waals surface area contributed by atoms with Crippen LogP contribution < -0.4 is 0 Å². The lowest BCUT2D eigenvalue weighted by atomic mass is 9.92. The molecule has 17 heavy (non-hydrogen) atoms. The highest BCUT2D eigenvalue weighted by molar-refractivity contribution is 5.71. The van der Waals surface area contributed by atoms with Crippen molar-refractivity contribution in [3.8, 4) is 11.3 Å². The second kappa shape index (κ2) is 4.02. The van der Waals surface area contributed by atoms with Gasteiger partial charge in [0.15, 0.2) is 0 Å². The van der Waals surface area contributed by atoms with E-state index in [0.717, 1.165) is 5.69 Å². The highest BCUT2D eigenvalue weighted by Gasteiger charge is 2.14. The summed E-state index contributed by atoms with van der Waals surface area (Å²) < 4.78 is 1.98. The highest BCUT2D eigenvalue weighted by atomic mass is 15.3. The second-order valence-electron chi connectivity index (χ2n) is 4.93. The normalized spacial score (nSPS) is 10.9. The summed E-state index contributed by atoms with van der Waals surface area (Å²) in [6.07, 6.45) is 0. The molecule has 0 saturated heterocycles. The molecule has 0 aliphatic heterocycles. The topological polar surface area (TPSA) is 17.8 Å². The van der Waals surface area contributed by atoms with E-state index in [4.69, 9.17) is 0 Å². The van der Waals surface area contributed by atoms with E-state index >= 15 is 0 Å². The van der Waals surface area contributed by atoms with Gasteiger partial charge in [-0.05, 0) is 62.9 Å². The Hall–Kier alpha value is -1.57. The first-order valence-electron chi connectivity index (χ1n) is 6.00. The van der Waals surface area contributed by atoms with Gasteiger partial charge in [0.1, 0.15) is 0 Å². The maximum Gasteiger partial charge on any atom is 0.0687 e. The van der Waals surface area contributed by atoms with Crippen LogP contribution in [0.2, 0.25) is 0 Å². The highest BCUT2D eigenvalue weighted by Crippen LogP contribution is 2.31. The Labute approximate surface area is 103 Å². The summed E-state index contributed by atoms with van der Waals surface area (Å²) in [6, 6.07) is 4.42. The molecule has 1 aromatic carbocycles. The summed E-state index contributed by atoms with van der Waals surface area (Å²) in [4.78, 5) is 0. The van der Waals surface area contributed by atoms with Crippen LogP contribution in [0.5, 0.6) is 0 Å². The van der Waals surface area contributed by atoms with Crippen molar-refractivity contribution in [1.29, 1.82) is 0 Å². The lowest BCUT2D eigenvalue weighted by molar-refractivity contribution is 0.763. The van der Waals surface area contributed by atoms with Crippen molar-refractivity contribution in [2.75, 3.05) is 0 Å².